The van der Waals surface area contributed by atoms with Gasteiger partial charge in [0, 0.05) is 35.6 Å². The normalized spacial score (nSPS) is 22.3. The van der Waals surface area contributed by atoms with Crippen molar-refractivity contribution in [1.29, 1.82) is 0 Å². The summed E-state index contributed by atoms with van der Waals surface area (Å²) in [5.74, 6) is 0. The van der Waals surface area contributed by atoms with Crippen molar-refractivity contribution < 1.29 is 4.74 Å². The van der Waals surface area contributed by atoms with Crippen LogP contribution in [-0.2, 0) is 4.74 Å². The summed E-state index contributed by atoms with van der Waals surface area (Å²) in [5, 5.41) is 4.73. The molecule has 1 fully saturated rings. The zero-order valence-corrected chi connectivity index (χ0v) is 12.0. The first-order chi connectivity index (χ1) is 9.65. The number of hydrogen-bond donors (Lipinski definition) is 2. The number of aryl methyl sites for hydroxylation is 1. The Kier molecular flexibility index (Phi) is 3.49. The van der Waals surface area contributed by atoms with Crippen LogP contribution in [0.1, 0.15) is 25.0 Å². The monoisotopic (exact) mass is 271 g/mol. The van der Waals surface area contributed by atoms with Crippen LogP contribution in [0.15, 0.2) is 24.3 Å². The number of nitrogen functional groups attached to an aromatic ring is 1. The smallest absolute Gasteiger partial charge is 0.0727 e. The summed E-state index contributed by atoms with van der Waals surface area (Å²) >= 11 is 0. The highest BCUT2D eigenvalue weighted by Gasteiger charge is 2.24. The van der Waals surface area contributed by atoms with Gasteiger partial charge < -0.3 is 15.8 Å². The predicted molar refractivity (Wildman–Crippen MR) is 83.0 cm³/mol. The lowest BCUT2D eigenvalue weighted by Gasteiger charge is -2.17. The maximum Gasteiger partial charge on any atom is 0.0727 e. The number of hydrogen-bond acceptors (Lipinski definition) is 4. The van der Waals surface area contributed by atoms with Crippen molar-refractivity contribution in [2.24, 2.45) is 0 Å². The average Bonchev–Trinajstić information content (AvgIpc) is 2.87. The highest BCUT2D eigenvalue weighted by atomic mass is 16.5. The lowest BCUT2D eigenvalue weighted by atomic mass is 10.1. The lowest BCUT2D eigenvalue weighted by molar-refractivity contribution is 0.108. The minimum Gasteiger partial charge on any atom is -0.399 e. The fourth-order valence-electron chi connectivity index (χ4n) is 3.00. The van der Waals surface area contributed by atoms with Gasteiger partial charge in [0.15, 0.2) is 0 Å². The van der Waals surface area contributed by atoms with Crippen LogP contribution in [0.4, 0.5) is 11.4 Å². The Morgan fingerprint density at radius 1 is 1.30 bits per heavy atom. The minimum absolute atomic E-state index is 0.381. The number of methoxy groups -OCH3 is 1. The Labute approximate surface area is 119 Å². The van der Waals surface area contributed by atoms with Crippen molar-refractivity contribution in [1.82, 2.24) is 4.98 Å². The fourth-order valence-corrected chi connectivity index (χ4v) is 3.00. The number of nitrogens with one attached hydrogen (secondary N) is 1. The summed E-state index contributed by atoms with van der Waals surface area (Å²) in [6.07, 6.45) is 3.70. The molecule has 1 aromatic carbocycles. The number of nitrogens with zero attached hydrogens (tertiary/aromatic N) is 1. The van der Waals surface area contributed by atoms with Gasteiger partial charge in [-0.05, 0) is 50.5 Å². The number of fused-ring (bicyclic) bond motifs is 1. The molecule has 1 aliphatic rings. The number of anilines is 2. The SMILES string of the molecule is COC1CCC(Nc2cc(C)nc3ccc(N)cc23)C1. The Morgan fingerprint density at radius 3 is 2.90 bits per heavy atom. The molecule has 1 aliphatic carbocycles. The second-order valence-electron chi connectivity index (χ2n) is 5.60. The molecule has 2 atom stereocenters. The van der Waals surface area contributed by atoms with E-state index in [1.807, 2.05) is 25.1 Å². The van der Waals surface area contributed by atoms with E-state index in [1.165, 1.54) is 0 Å². The third kappa shape index (κ3) is 2.56. The molecule has 2 unspecified atom stereocenters. The number of nitrogens with two attached hydrogens (primary N) is 1. The van der Waals surface area contributed by atoms with Gasteiger partial charge in [0.05, 0.1) is 11.6 Å². The number of ether oxygens (including phenoxy) is 1. The molecule has 1 aromatic heterocycles. The first kappa shape index (κ1) is 13.2. The summed E-state index contributed by atoms with van der Waals surface area (Å²) < 4.78 is 5.44. The molecule has 0 radical (unpaired) electrons. The number of aromatic nitrogens is 1. The largest absolute Gasteiger partial charge is 0.399 e. The van der Waals surface area contributed by atoms with Crippen LogP contribution in [0, 0.1) is 6.92 Å². The molecule has 20 heavy (non-hydrogen) atoms. The summed E-state index contributed by atoms with van der Waals surface area (Å²) in [7, 11) is 1.79. The topological polar surface area (TPSA) is 60.2 Å². The van der Waals surface area contributed by atoms with E-state index < -0.39 is 0 Å². The Bertz CT molecular complexity index is 626. The molecule has 1 heterocycles. The maximum atomic E-state index is 5.91. The molecule has 0 spiro atoms. The van der Waals surface area contributed by atoms with Gasteiger partial charge in [-0.1, -0.05) is 0 Å². The molecule has 0 amide bonds. The Hall–Kier alpha value is -1.81. The first-order valence-corrected chi connectivity index (χ1v) is 7.12. The van der Waals surface area contributed by atoms with E-state index in [2.05, 4.69) is 16.4 Å². The zero-order valence-electron chi connectivity index (χ0n) is 12.0. The van der Waals surface area contributed by atoms with Gasteiger partial charge in [-0.15, -0.1) is 0 Å². The van der Waals surface area contributed by atoms with Crippen LogP contribution in [-0.4, -0.2) is 24.2 Å². The van der Waals surface area contributed by atoms with E-state index in [9.17, 15) is 0 Å². The van der Waals surface area contributed by atoms with Crippen LogP contribution in [0.25, 0.3) is 10.9 Å². The van der Waals surface area contributed by atoms with E-state index in [0.29, 0.717) is 12.1 Å². The molecule has 4 heteroatoms. The lowest BCUT2D eigenvalue weighted by Crippen LogP contribution is -2.17. The first-order valence-electron chi connectivity index (χ1n) is 7.12. The Balaban J connectivity index is 1.92. The second-order valence-corrected chi connectivity index (χ2v) is 5.60. The van der Waals surface area contributed by atoms with Crippen LogP contribution in [0.5, 0.6) is 0 Å². The number of rotatable bonds is 3. The molecule has 106 valence electrons. The number of benzene rings is 1. The minimum atomic E-state index is 0.381. The van der Waals surface area contributed by atoms with Crippen molar-refractivity contribution in [2.75, 3.05) is 18.2 Å². The van der Waals surface area contributed by atoms with Gasteiger partial charge in [0.25, 0.3) is 0 Å². The molecular formula is C16H21N3O. The van der Waals surface area contributed by atoms with Crippen LogP contribution in [0.3, 0.4) is 0 Å². The molecule has 1 saturated carbocycles. The van der Waals surface area contributed by atoms with E-state index >= 15 is 0 Å². The average molecular weight is 271 g/mol. The zero-order chi connectivity index (χ0) is 14.1. The quantitative estimate of drug-likeness (QED) is 0.842. The van der Waals surface area contributed by atoms with E-state index in [0.717, 1.165) is 47.2 Å². The molecule has 3 N–H and O–H groups in total. The second kappa shape index (κ2) is 5.29. The molecule has 3 rings (SSSR count). The maximum absolute atomic E-state index is 5.91. The fraction of sp³-hybridized carbons (Fsp3) is 0.438. The molecular weight excluding hydrogens is 250 g/mol. The third-order valence-corrected chi connectivity index (χ3v) is 4.04. The van der Waals surface area contributed by atoms with Crippen LogP contribution < -0.4 is 11.1 Å². The highest BCUT2D eigenvalue weighted by molar-refractivity contribution is 5.93. The van der Waals surface area contributed by atoms with Gasteiger partial charge in [0.2, 0.25) is 0 Å². The van der Waals surface area contributed by atoms with Gasteiger partial charge in [0.1, 0.15) is 0 Å². The Morgan fingerprint density at radius 2 is 2.15 bits per heavy atom. The van der Waals surface area contributed by atoms with Crippen molar-refractivity contribution in [2.45, 2.75) is 38.3 Å². The van der Waals surface area contributed by atoms with Gasteiger partial charge in [-0.2, -0.15) is 0 Å². The summed E-state index contributed by atoms with van der Waals surface area (Å²) in [4.78, 5) is 4.56. The van der Waals surface area contributed by atoms with Crippen LogP contribution >= 0.6 is 0 Å². The predicted octanol–water partition coefficient (Wildman–Crippen LogP) is 3.10. The van der Waals surface area contributed by atoms with Crippen molar-refractivity contribution in [3.8, 4) is 0 Å². The highest BCUT2D eigenvalue weighted by Crippen LogP contribution is 2.30. The van der Waals surface area contributed by atoms with Gasteiger partial charge in [-0.3, -0.25) is 4.98 Å². The van der Waals surface area contributed by atoms with Crippen LogP contribution in [0.2, 0.25) is 0 Å². The molecule has 2 aromatic rings. The van der Waals surface area contributed by atoms with E-state index in [4.69, 9.17) is 10.5 Å². The molecule has 0 aliphatic heterocycles. The van der Waals surface area contributed by atoms with Crippen molar-refractivity contribution >= 4 is 22.3 Å². The van der Waals surface area contributed by atoms with E-state index in [1.54, 1.807) is 7.11 Å². The summed E-state index contributed by atoms with van der Waals surface area (Å²) in [5.41, 5.74) is 9.81. The summed E-state index contributed by atoms with van der Waals surface area (Å²) in [6.45, 7) is 2.02. The van der Waals surface area contributed by atoms with Crippen molar-refractivity contribution in [3.05, 3.63) is 30.0 Å². The van der Waals surface area contributed by atoms with E-state index in [-0.39, 0.29) is 0 Å². The van der Waals surface area contributed by atoms with Gasteiger partial charge in [-0.25, -0.2) is 0 Å². The van der Waals surface area contributed by atoms with Crippen molar-refractivity contribution in [3.63, 3.8) is 0 Å². The molecule has 0 saturated heterocycles. The summed E-state index contributed by atoms with van der Waals surface area (Å²) in [6, 6.07) is 8.44. The van der Waals surface area contributed by atoms with Gasteiger partial charge >= 0.3 is 0 Å². The standard InChI is InChI=1S/C16H21N3O/c1-10-7-16(19-12-4-5-13(9-12)20-2)14-8-11(17)3-6-15(14)18-10/h3,6-8,12-13H,4-5,9,17H2,1-2H3,(H,18,19). The number of pyridine rings is 1. The third-order valence-electron chi connectivity index (χ3n) is 4.04. The molecule has 0 bridgehead atoms. The molecule has 4 nitrogen and oxygen atoms in total.